The van der Waals surface area contributed by atoms with Gasteiger partial charge < -0.3 is 5.32 Å². The zero-order valence-corrected chi connectivity index (χ0v) is 14.6. The molecule has 0 fully saturated rings. The van der Waals surface area contributed by atoms with E-state index in [1.807, 2.05) is 31.2 Å². The lowest BCUT2D eigenvalue weighted by Crippen LogP contribution is -2.46. The van der Waals surface area contributed by atoms with Crippen LogP contribution < -0.4 is 5.32 Å². The van der Waals surface area contributed by atoms with Gasteiger partial charge in [0.15, 0.2) is 0 Å². The number of hydrogen-bond acceptors (Lipinski definition) is 3. The summed E-state index contributed by atoms with van der Waals surface area (Å²) in [6.07, 6.45) is 7.59. The van der Waals surface area contributed by atoms with Crippen molar-refractivity contribution in [3.63, 3.8) is 0 Å². The minimum atomic E-state index is -0.554. The molecule has 1 heterocycles. The number of aliphatic imine (C=N–C) groups is 1. The van der Waals surface area contributed by atoms with Crippen LogP contribution in [0.2, 0.25) is 0 Å². The van der Waals surface area contributed by atoms with Crippen LogP contribution in [-0.2, 0) is 16.1 Å². The van der Waals surface area contributed by atoms with Crippen molar-refractivity contribution >= 4 is 23.6 Å². The minimum absolute atomic E-state index is 0.104. The van der Waals surface area contributed by atoms with Crippen molar-refractivity contribution in [2.45, 2.75) is 26.3 Å². The van der Waals surface area contributed by atoms with Gasteiger partial charge in [-0.05, 0) is 25.0 Å². The van der Waals surface area contributed by atoms with Crippen LogP contribution in [0.1, 0.15) is 24.0 Å². The van der Waals surface area contributed by atoms with Gasteiger partial charge in [-0.1, -0.05) is 48.1 Å². The fourth-order valence-corrected chi connectivity index (χ4v) is 2.88. The van der Waals surface area contributed by atoms with Crippen LogP contribution in [0.15, 0.2) is 53.6 Å². The van der Waals surface area contributed by atoms with Crippen molar-refractivity contribution in [2.75, 3.05) is 6.54 Å². The van der Waals surface area contributed by atoms with Gasteiger partial charge >= 0.3 is 6.03 Å². The van der Waals surface area contributed by atoms with Gasteiger partial charge in [-0.3, -0.25) is 14.5 Å². The average molecular weight is 351 g/mol. The van der Waals surface area contributed by atoms with Crippen molar-refractivity contribution in [2.24, 2.45) is 10.9 Å². The van der Waals surface area contributed by atoms with Crippen LogP contribution in [0.4, 0.5) is 4.79 Å². The Bertz CT molecular complexity index is 806. The van der Waals surface area contributed by atoms with E-state index in [1.165, 1.54) is 5.56 Å². The topological polar surface area (TPSA) is 78.8 Å². The number of nitrogens with zero attached hydrogens (tertiary/aromatic N) is 2. The maximum atomic E-state index is 12.4. The number of amides is 4. The number of nitrogens with one attached hydrogen (secondary N) is 1. The summed E-state index contributed by atoms with van der Waals surface area (Å²) in [6.45, 7) is 2.67. The molecule has 1 aromatic rings. The lowest BCUT2D eigenvalue weighted by molar-refractivity contribution is -0.130. The molecule has 1 atom stereocenters. The van der Waals surface area contributed by atoms with Crippen molar-refractivity contribution in [3.05, 3.63) is 59.7 Å². The first-order chi connectivity index (χ1) is 12.5. The molecule has 3 rings (SSSR count). The van der Waals surface area contributed by atoms with E-state index in [4.69, 9.17) is 0 Å². The van der Waals surface area contributed by atoms with Crippen LogP contribution in [0, 0.1) is 12.8 Å². The minimum Gasteiger partial charge on any atom is -0.352 e. The number of rotatable bonds is 6. The number of allylic oxidation sites excluding steroid dienone is 3. The zero-order chi connectivity index (χ0) is 18.5. The fourth-order valence-electron chi connectivity index (χ4n) is 2.88. The van der Waals surface area contributed by atoms with Crippen LogP contribution in [0.5, 0.6) is 0 Å². The highest BCUT2D eigenvalue weighted by Gasteiger charge is 2.35. The summed E-state index contributed by atoms with van der Waals surface area (Å²) >= 11 is 0. The molecule has 26 heavy (non-hydrogen) atoms. The predicted molar refractivity (Wildman–Crippen MR) is 98.6 cm³/mol. The van der Waals surface area contributed by atoms with Crippen molar-refractivity contribution in [1.29, 1.82) is 0 Å². The Kier molecular flexibility index (Phi) is 5.41. The van der Waals surface area contributed by atoms with E-state index in [9.17, 15) is 14.4 Å². The summed E-state index contributed by atoms with van der Waals surface area (Å²) in [5, 5.41) is 2.85. The molecule has 6 nitrogen and oxygen atoms in total. The Morgan fingerprint density at radius 2 is 1.96 bits per heavy atom. The Hall–Kier alpha value is -3.02. The quantitative estimate of drug-likeness (QED) is 0.855. The SMILES string of the molecule is Cc1ccc(CNC(=O)CCCN2C(=O)N=C3C=CC=CC3C2=O)cc1. The first-order valence-electron chi connectivity index (χ1n) is 8.65. The highest BCUT2D eigenvalue weighted by Crippen LogP contribution is 2.19. The molecule has 6 heteroatoms. The molecular formula is C20H21N3O3. The molecule has 1 aliphatic heterocycles. The van der Waals surface area contributed by atoms with Gasteiger partial charge in [-0.15, -0.1) is 0 Å². The molecule has 1 unspecified atom stereocenters. The van der Waals surface area contributed by atoms with E-state index in [0.29, 0.717) is 18.7 Å². The summed E-state index contributed by atoms with van der Waals surface area (Å²) < 4.78 is 0. The molecule has 0 bridgehead atoms. The number of benzene rings is 1. The Balaban J connectivity index is 1.46. The Labute approximate surface area is 152 Å². The normalized spacial score (nSPS) is 18.6. The zero-order valence-electron chi connectivity index (χ0n) is 14.6. The van der Waals surface area contributed by atoms with E-state index in [-0.39, 0.29) is 24.8 Å². The average Bonchev–Trinajstić information content (AvgIpc) is 2.64. The number of aryl methyl sites for hydroxylation is 1. The second kappa shape index (κ2) is 7.91. The van der Waals surface area contributed by atoms with Gasteiger partial charge in [-0.25, -0.2) is 4.79 Å². The maximum absolute atomic E-state index is 12.4. The highest BCUT2D eigenvalue weighted by molar-refractivity contribution is 6.21. The van der Waals surface area contributed by atoms with Crippen LogP contribution in [-0.4, -0.2) is 35.0 Å². The van der Waals surface area contributed by atoms with Crippen LogP contribution in [0.25, 0.3) is 0 Å². The highest BCUT2D eigenvalue weighted by atomic mass is 16.2. The molecule has 0 radical (unpaired) electrons. The third-order valence-electron chi connectivity index (χ3n) is 4.38. The monoisotopic (exact) mass is 351 g/mol. The summed E-state index contributed by atoms with van der Waals surface area (Å²) in [5.74, 6) is -0.874. The van der Waals surface area contributed by atoms with Crippen LogP contribution in [0.3, 0.4) is 0 Å². The van der Waals surface area contributed by atoms with E-state index < -0.39 is 11.9 Å². The van der Waals surface area contributed by atoms with Gasteiger partial charge in [0, 0.05) is 19.5 Å². The molecular weight excluding hydrogens is 330 g/mol. The van der Waals surface area contributed by atoms with Crippen molar-refractivity contribution in [3.8, 4) is 0 Å². The third-order valence-corrected chi connectivity index (χ3v) is 4.38. The first kappa shape index (κ1) is 17.8. The van der Waals surface area contributed by atoms with E-state index >= 15 is 0 Å². The van der Waals surface area contributed by atoms with Gasteiger partial charge in [0.25, 0.3) is 0 Å². The second-order valence-electron chi connectivity index (χ2n) is 6.40. The lowest BCUT2D eigenvalue weighted by atomic mass is 9.95. The smallest absolute Gasteiger partial charge is 0.350 e. The maximum Gasteiger partial charge on any atom is 0.350 e. The number of carbonyl (C=O) groups is 3. The molecule has 1 aromatic carbocycles. The summed E-state index contributed by atoms with van der Waals surface area (Å²) in [4.78, 5) is 41.5. The largest absolute Gasteiger partial charge is 0.352 e. The number of fused-ring (bicyclic) bond motifs is 1. The summed E-state index contributed by atoms with van der Waals surface area (Å²) in [5.41, 5.74) is 2.68. The van der Waals surface area contributed by atoms with E-state index in [1.54, 1.807) is 24.3 Å². The van der Waals surface area contributed by atoms with Gasteiger partial charge in [0.2, 0.25) is 11.8 Å². The molecule has 134 valence electrons. The van der Waals surface area contributed by atoms with E-state index in [0.717, 1.165) is 10.5 Å². The molecule has 2 aliphatic rings. The van der Waals surface area contributed by atoms with Crippen molar-refractivity contribution in [1.82, 2.24) is 10.2 Å². The molecule has 4 amide bonds. The number of urea groups is 1. The Morgan fingerprint density at radius 3 is 2.73 bits per heavy atom. The fraction of sp³-hybridized carbons (Fsp3) is 0.300. The number of hydrogen-bond donors (Lipinski definition) is 1. The summed E-state index contributed by atoms with van der Waals surface area (Å²) in [6, 6.07) is 7.39. The van der Waals surface area contributed by atoms with Crippen molar-refractivity contribution < 1.29 is 14.4 Å². The standard InChI is InChI=1S/C20H21N3O3/c1-14-8-10-15(11-9-14)13-21-18(24)7-4-12-23-19(25)16-5-2-3-6-17(16)22-20(23)26/h2-3,5-6,8-11,16H,4,7,12-13H2,1H3,(H,21,24). The molecule has 1 aliphatic carbocycles. The molecule has 1 N–H and O–H groups in total. The predicted octanol–water partition coefficient (Wildman–Crippen LogP) is 2.54. The molecule has 0 saturated heterocycles. The van der Waals surface area contributed by atoms with Gasteiger partial charge in [0.05, 0.1) is 11.6 Å². The molecule has 0 spiro atoms. The Morgan fingerprint density at radius 1 is 1.19 bits per heavy atom. The second-order valence-corrected chi connectivity index (χ2v) is 6.40. The number of carbonyl (C=O) groups excluding carboxylic acids is 3. The molecule has 0 saturated carbocycles. The summed E-state index contributed by atoms with van der Waals surface area (Å²) in [7, 11) is 0. The number of imide groups is 1. The first-order valence-corrected chi connectivity index (χ1v) is 8.65. The lowest BCUT2D eigenvalue weighted by Gasteiger charge is -2.28. The molecule has 0 aromatic heterocycles. The van der Waals surface area contributed by atoms with Gasteiger partial charge in [-0.2, -0.15) is 4.99 Å². The van der Waals surface area contributed by atoms with Gasteiger partial charge in [0.1, 0.15) is 0 Å². The third kappa shape index (κ3) is 4.14. The van der Waals surface area contributed by atoms with E-state index in [2.05, 4.69) is 10.3 Å². The van der Waals surface area contributed by atoms with Crippen LogP contribution >= 0.6 is 0 Å².